The topological polar surface area (TPSA) is 86.7 Å². The fourth-order valence-corrected chi connectivity index (χ4v) is 15.6. The number of fused-ring (bicyclic) bond motifs is 10. The lowest BCUT2D eigenvalue weighted by Crippen LogP contribution is -2.55. The van der Waals surface area contributed by atoms with Gasteiger partial charge in [0.25, 0.3) is 0 Å². The molecule has 0 unspecified atom stereocenters. The van der Waals surface area contributed by atoms with Crippen LogP contribution in [0, 0.1) is 80.8 Å². The van der Waals surface area contributed by atoms with Crippen LogP contribution in [0.5, 0.6) is 0 Å². The molecule has 0 aromatic rings. The molecular weight excluding hydrogens is 649 g/mol. The normalized spacial score (nSPS) is 50.5. The summed E-state index contributed by atoms with van der Waals surface area (Å²) in [6.07, 6.45) is 19.4. The van der Waals surface area contributed by atoms with Gasteiger partial charge < -0.3 is 9.47 Å². The van der Waals surface area contributed by atoms with Crippen molar-refractivity contribution >= 4 is 23.5 Å². The van der Waals surface area contributed by atoms with E-state index in [9.17, 15) is 19.2 Å². The van der Waals surface area contributed by atoms with E-state index >= 15 is 0 Å². The maximum absolute atomic E-state index is 12.3. The summed E-state index contributed by atoms with van der Waals surface area (Å²) < 4.78 is 11.8. The Morgan fingerprint density at radius 3 is 1.27 bits per heavy atom. The van der Waals surface area contributed by atoms with E-state index in [1.54, 1.807) is 0 Å². The van der Waals surface area contributed by atoms with Gasteiger partial charge in [0.15, 0.2) is 0 Å². The maximum atomic E-state index is 12.3. The van der Waals surface area contributed by atoms with Gasteiger partial charge in [0, 0.05) is 48.3 Å². The standard InChI is InChI=1S/2C23H36O3/c2*1-5-21(25)26-20-9-8-17-16-7-6-15-12-19(24)14(2)13-23(15,4)18(16)10-11-22(17,20)3/h2*14-18,20H,5-13H2,1-4H3/t2*14-,15+,16+,17+,18+,20+,22+,23+/m11/s1. The Hall–Kier alpha value is -1.72. The molecule has 8 saturated carbocycles. The molecule has 8 aliphatic rings. The third-order valence-electron chi connectivity index (χ3n) is 18.6. The van der Waals surface area contributed by atoms with E-state index in [1.165, 1.54) is 64.2 Å². The quantitative estimate of drug-likeness (QED) is 0.269. The number of carbonyl (C=O) groups excluding carboxylic acids is 4. The molecule has 0 aliphatic heterocycles. The average Bonchev–Trinajstić information content (AvgIpc) is 3.62. The number of rotatable bonds is 4. The minimum atomic E-state index is -0.0331. The van der Waals surface area contributed by atoms with Crippen molar-refractivity contribution in [3.8, 4) is 0 Å². The molecule has 8 aliphatic carbocycles. The van der Waals surface area contributed by atoms with Crippen LogP contribution in [0.25, 0.3) is 0 Å². The fourth-order valence-electron chi connectivity index (χ4n) is 15.6. The zero-order chi connectivity index (χ0) is 37.4. The summed E-state index contributed by atoms with van der Waals surface area (Å²) in [5.41, 5.74) is 1.03. The predicted octanol–water partition coefficient (Wildman–Crippen LogP) is 10.3. The molecule has 0 aromatic heterocycles. The van der Waals surface area contributed by atoms with Crippen molar-refractivity contribution in [1.82, 2.24) is 0 Å². The summed E-state index contributed by atoms with van der Waals surface area (Å²) >= 11 is 0. The number of hydrogen-bond donors (Lipinski definition) is 0. The Kier molecular flexibility index (Phi) is 10.4. The van der Waals surface area contributed by atoms with Crippen LogP contribution in [0.3, 0.4) is 0 Å². The number of carbonyl (C=O) groups is 4. The summed E-state index contributed by atoms with van der Waals surface area (Å²) in [6, 6.07) is 0. The Balaban J connectivity index is 0.000000162. The summed E-state index contributed by atoms with van der Waals surface area (Å²) in [7, 11) is 0. The van der Waals surface area contributed by atoms with E-state index in [0.717, 1.165) is 62.2 Å². The largest absolute Gasteiger partial charge is 0.462 e. The van der Waals surface area contributed by atoms with Gasteiger partial charge in [-0.15, -0.1) is 0 Å². The van der Waals surface area contributed by atoms with Gasteiger partial charge in [-0.05, 0) is 148 Å². The van der Waals surface area contributed by atoms with Gasteiger partial charge in [-0.1, -0.05) is 55.4 Å². The number of esters is 2. The third kappa shape index (κ3) is 6.17. The second-order valence-corrected chi connectivity index (χ2v) is 20.8. The first-order chi connectivity index (χ1) is 24.6. The summed E-state index contributed by atoms with van der Waals surface area (Å²) in [5, 5.41) is 0. The molecule has 0 heterocycles. The molecule has 6 heteroatoms. The molecule has 0 spiro atoms. The fraction of sp³-hybridized carbons (Fsp3) is 0.913. The van der Waals surface area contributed by atoms with Crippen LogP contribution in [0.4, 0.5) is 0 Å². The van der Waals surface area contributed by atoms with Crippen LogP contribution >= 0.6 is 0 Å². The van der Waals surface area contributed by atoms with Crippen molar-refractivity contribution in [2.75, 3.05) is 0 Å². The predicted molar refractivity (Wildman–Crippen MR) is 203 cm³/mol. The molecule has 8 rings (SSSR count). The minimum Gasteiger partial charge on any atom is -0.462 e. The Morgan fingerprint density at radius 1 is 0.538 bits per heavy atom. The van der Waals surface area contributed by atoms with Gasteiger partial charge in [0.2, 0.25) is 0 Å². The number of ether oxygens (including phenoxy) is 2. The van der Waals surface area contributed by atoms with Gasteiger partial charge in [-0.3, -0.25) is 19.2 Å². The van der Waals surface area contributed by atoms with Crippen LogP contribution in [-0.4, -0.2) is 35.7 Å². The highest BCUT2D eigenvalue weighted by atomic mass is 16.5. The van der Waals surface area contributed by atoms with Crippen molar-refractivity contribution in [2.24, 2.45) is 80.8 Å². The molecule has 6 nitrogen and oxygen atoms in total. The number of Topliss-reactive ketones (excluding diaryl/α,β-unsaturated/α-hetero) is 2. The van der Waals surface area contributed by atoms with Gasteiger partial charge >= 0.3 is 11.9 Å². The van der Waals surface area contributed by atoms with Crippen LogP contribution in [0.15, 0.2) is 0 Å². The van der Waals surface area contributed by atoms with Gasteiger partial charge in [-0.25, -0.2) is 0 Å². The molecule has 16 atom stereocenters. The first-order valence-corrected chi connectivity index (χ1v) is 22.0. The first kappa shape index (κ1) is 38.6. The second kappa shape index (κ2) is 14.1. The Bertz CT molecular complexity index is 1300. The highest BCUT2D eigenvalue weighted by Crippen LogP contribution is 2.68. The summed E-state index contributed by atoms with van der Waals surface area (Å²) in [4.78, 5) is 48.5. The third-order valence-corrected chi connectivity index (χ3v) is 18.6. The van der Waals surface area contributed by atoms with Crippen LogP contribution in [0.2, 0.25) is 0 Å². The Labute approximate surface area is 315 Å². The van der Waals surface area contributed by atoms with E-state index < -0.39 is 0 Å². The molecule has 0 saturated heterocycles. The van der Waals surface area contributed by atoms with Crippen molar-refractivity contribution < 1.29 is 28.7 Å². The van der Waals surface area contributed by atoms with Gasteiger partial charge in [-0.2, -0.15) is 0 Å². The Morgan fingerprint density at radius 2 is 0.904 bits per heavy atom. The van der Waals surface area contributed by atoms with Crippen molar-refractivity contribution in [1.29, 1.82) is 0 Å². The molecule has 292 valence electrons. The van der Waals surface area contributed by atoms with Crippen molar-refractivity contribution in [2.45, 2.75) is 183 Å². The lowest BCUT2D eigenvalue weighted by molar-refractivity contribution is -0.166. The number of ketones is 2. The zero-order valence-electron chi connectivity index (χ0n) is 34.1. The van der Waals surface area contributed by atoms with E-state index in [4.69, 9.17) is 9.47 Å². The van der Waals surface area contributed by atoms with Crippen LogP contribution in [0.1, 0.15) is 171 Å². The maximum Gasteiger partial charge on any atom is 0.305 e. The second-order valence-electron chi connectivity index (χ2n) is 20.8. The lowest BCUT2D eigenvalue weighted by Gasteiger charge is -2.60. The van der Waals surface area contributed by atoms with Crippen LogP contribution < -0.4 is 0 Å². The smallest absolute Gasteiger partial charge is 0.305 e. The van der Waals surface area contributed by atoms with Gasteiger partial charge in [0.1, 0.15) is 23.8 Å². The molecule has 8 fully saturated rings. The SMILES string of the molecule is CCC(=O)O[C@H]1CC[C@H]2[C@@H]3CC[C@H]4CC(=O)[C@H](C)C[C@]4(C)[C@H]3CC[C@]12C.CCC(=O)O[C@H]1CC[C@H]2[C@@H]3CC[C@H]4CC(=O)[C@H](C)C[C@]4(C)[C@H]3CC[C@]12C. The highest BCUT2D eigenvalue weighted by Gasteiger charge is 2.63. The molecule has 0 radical (unpaired) electrons. The number of hydrogen-bond acceptors (Lipinski definition) is 6. The van der Waals surface area contributed by atoms with Gasteiger partial charge in [0.05, 0.1) is 0 Å². The minimum absolute atomic E-state index is 0.0331. The first-order valence-electron chi connectivity index (χ1n) is 22.0. The van der Waals surface area contributed by atoms with Crippen molar-refractivity contribution in [3.63, 3.8) is 0 Å². The molecule has 0 bridgehead atoms. The van der Waals surface area contributed by atoms with E-state index in [0.29, 0.717) is 58.9 Å². The van der Waals surface area contributed by atoms with E-state index in [1.807, 2.05) is 13.8 Å². The monoisotopic (exact) mass is 721 g/mol. The van der Waals surface area contributed by atoms with Crippen LogP contribution in [-0.2, 0) is 28.7 Å². The van der Waals surface area contributed by atoms with E-state index in [-0.39, 0.29) is 46.8 Å². The zero-order valence-corrected chi connectivity index (χ0v) is 34.1. The molecule has 52 heavy (non-hydrogen) atoms. The van der Waals surface area contributed by atoms with Crippen molar-refractivity contribution in [3.05, 3.63) is 0 Å². The summed E-state index contributed by atoms with van der Waals surface area (Å²) in [6.45, 7) is 17.9. The average molecular weight is 721 g/mol. The lowest BCUT2D eigenvalue weighted by atomic mass is 9.44. The summed E-state index contributed by atoms with van der Waals surface area (Å²) in [5.74, 6) is 7.06. The molecule has 0 aromatic carbocycles. The highest BCUT2D eigenvalue weighted by molar-refractivity contribution is 5.82. The molecule has 0 amide bonds. The molecule has 0 N–H and O–H groups in total. The van der Waals surface area contributed by atoms with E-state index in [2.05, 4.69) is 41.5 Å². The molecular formula is C46H72O6.